The third-order valence-electron chi connectivity index (χ3n) is 1.89. The molecule has 0 saturated carbocycles. The highest BCUT2D eigenvalue weighted by molar-refractivity contribution is 5.99. The van der Waals surface area contributed by atoms with Crippen molar-refractivity contribution in [2.24, 2.45) is 17.9 Å². The van der Waals surface area contributed by atoms with Gasteiger partial charge >= 0.3 is 0 Å². The molecule has 6 heteroatoms. The molecule has 0 spiro atoms. The van der Waals surface area contributed by atoms with Gasteiger partial charge in [-0.25, -0.2) is 0 Å². The van der Waals surface area contributed by atoms with Crippen molar-refractivity contribution in [1.82, 2.24) is 15.0 Å². The molecule has 1 aliphatic heterocycles. The van der Waals surface area contributed by atoms with Crippen molar-refractivity contribution in [2.75, 3.05) is 6.54 Å². The molecular formula is C7H11N5O. The van der Waals surface area contributed by atoms with E-state index >= 15 is 0 Å². The van der Waals surface area contributed by atoms with Gasteiger partial charge in [0, 0.05) is 20.0 Å². The summed E-state index contributed by atoms with van der Waals surface area (Å²) in [5.74, 6) is 0. The Bertz CT molecular complexity index is 331. The van der Waals surface area contributed by atoms with E-state index in [-0.39, 0.29) is 6.10 Å². The van der Waals surface area contributed by atoms with Gasteiger partial charge in [-0.05, 0) is 0 Å². The number of aromatic nitrogens is 3. The summed E-state index contributed by atoms with van der Waals surface area (Å²) >= 11 is 0. The maximum atomic E-state index is 5.44. The fourth-order valence-corrected chi connectivity index (χ4v) is 1.19. The minimum absolute atomic E-state index is 0.00277. The number of rotatable bonds is 2. The maximum absolute atomic E-state index is 5.44. The number of nitrogens with two attached hydrogens (primary N) is 1. The minimum atomic E-state index is -0.00277. The zero-order chi connectivity index (χ0) is 9.26. The molecule has 1 aromatic heterocycles. The summed E-state index contributed by atoms with van der Waals surface area (Å²) in [6.07, 6.45) is 2.52. The lowest BCUT2D eigenvalue weighted by Crippen LogP contribution is -2.20. The SMILES string of the molecule is Cn1cc(C2=NOC(CN)C2)nn1. The zero-order valence-electron chi connectivity index (χ0n) is 7.34. The smallest absolute Gasteiger partial charge is 0.145 e. The van der Waals surface area contributed by atoms with Gasteiger partial charge in [-0.3, -0.25) is 4.68 Å². The summed E-state index contributed by atoms with van der Waals surface area (Å²) < 4.78 is 1.63. The first-order chi connectivity index (χ1) is 6.29. The highest BCUT2D eigenvalue weighted by Gasteiger charge is 2.22. The van der Waals surface area contributed by atoms with E-state index in [2.05, 4.69) is 15.5 Å². The van der Waals surface area contributed by atoms with Gasteiger partial charge in [0.2, 0.25) is 0 Å². The van der Waals surface area contributed by atoms with Crippen molar-refractivity contribution in [1.29, 1.82) is 0 Å². The minimum Gasteiger partial charge on any atom is -0.390 e. The molecule has 6 nitrogen and oxygen atoms in total. The second-order valence-electron chi connectivity index (χ2n) is 2.98. The molecule has 0 radical (unpaired) electrons. The van der Waals surface area contributed by atoms with Crippen molar-refractivity contribution < 1.29 is 4.84 Å². The van der Waals surface area contributed by atoms with Gasteiger partial charge in [0.05, 0.1) is 6.20 Å². The van der Waals surface area contributed by atoms with E-state index in [0.29, 0.717) is 6.54 Å². The summed E-state index contributed by atoms with van der Waals surface area (Å²) in [5, 5.41) is 11.6. The normalized spacial score (nSPS) is 21.4. The van der Waals surface area contributed by atoms with Crippen LogP contribution in [0.3, 0.4) is 0 Å². The molecule has 2 rings (SSSR count). The van der Waals surface area contributed by atoms with Crippen LogP contribution in [0.15, 0.2) is 11.4 Å². The Morgan fingerprint density at radius 2 is 2.62 bits per heavy atom. The van der Waals surface area contributed by atoms with Crippen LogP contribution in [0.2, 0.25) is 0 Å². The van der Waals surface area contributed by atoms with Crippen LogP contribution in [-0.4, -0.2) is 33.4 Å². The predicted octanol–water partition coefficient (Wildman–Crippen LogP) is -0.733. The molecule has 1 atom stereocenters. The lowest BCUT2D eigenvalue weighted by atomic mass is 10.1. The first-order valence-corrected chi connectivity index (χ1v) is 4.09. The van der Waals surface area contributed by atoms with Crippen LogP contribution in [0.5, 0.6) is 0 Å². The van der Waals surface area contributed by atoms with Gasteiger partial charge in [-0.1, -0.05) is 10.4 Å². The van der Waals surface area contributed by atoms with E-state index < -0.39 is 0 Å². The molecule has 1 aromatic rings. The number of oxime groups is 1. The highest BCUT2D eigenvalue weighted by Crippen LogP contribution is 2.13. The Labute approximate surface area is 75.3 Å². The maximum Gasteiger partial charge on any atom is 0.145 e. The standard InChI is InChI=1S/C7H11N5O/c1-12-4-7(9-11-12)6-2-5(3-8)13-10-6/h4-5H,2-3,8H2,1H3. The van der Waals surface area contributed by atoms with E-state index in [4.69, 9.17) is 10.6 Å². The average Bonchev–Trinajstić information content (AvgIpc) is 2.71. The lowest BCUT2D eigenvalue weighted by molar-refractivity contribution is 0.0918. The molecule has 70 valence electrons. The molecule has 0 aliphatic carbocycles. The topological polar surface area (TPSA) is 78.3 Å². The van der Waals surface area contributed by atoms with Crippen LogP contribution in [0, 0.1) is 0 Å². The Balaban J connectivity index is 2.12. The molecule has 0 aromatic carbocycles. The highest BCUT2D eigenvalue weighted by atomic mass is 16.6. The third-order valence-corrected chi connectivity index (χ3v) is 1.89. The van der Waals surface area contributed by atoms with Crippen molar-refractivity contribution in [3.8, 4) is 0 Å². The van der Waals surface area contributed by atoms with Crippen LogP contribution >= 0.6 is 0 Å². The molecule has 0 saturated heterocycles. The number of aryl methyl sites for hydroxylation is 1. The monoisotopic (exact) mass is 181 g/mol. The summed E-state index contributed by atoms with van der Waals surface area (Å²) in [7, 11) is 1.81. The molecule has 2 N–H and O–H groups in total. The van der Waals surface area contributed by atoms with Crippen LogP contribution in [-0.2, 0) is 11.9 Å². The van der Waals surface area contributed by atoms with Crippen molar-refractivity contribution in [3.63, 3.8) is 0 Å². The van der Waals surface area contributed by atoms with Crippen molar-refractivity contribution in [2.45, 2.75) is 12.5 Å². The zero-order valence-corrected chi connectivity index (χ0v) is 7.34. The number of nitrogens with zero attached hydrogens (tertiary/aromatic N) is 4. The van der Waals surface area contributed by atoms with Gasteiger partial charge in [-0.2, -0.15) is 0 Å². The second kappa shape index (κ2) is 3.14. The molecule has 2 heterocycles. The summed E-state index contributed by atoms with van der Waals surface area (Å²) in [6.45, 7) is 0.479. The molecule has 13 heavy (non-hydrogen) atoms. The molecule has 0 fully saturated rings. The first kappa shape index (κ1) is 8.18. The fraction of sp³-hybridized carbons (Fsp3) is 0.571. The Morgan fingerprint density at radius 1 is 1.77 bits per heavy atom. The third kappa shape index (κ3) is 1.52. The Kier molecular flexibility index (Phi) is 1.97. The van der Waals surface area contributed by atoms with Gasteiger partial charge < -0.3 is 10.6 Å². The first-order valence-electron chi connectivity index (χ1n) is 4.09. The number of hydrogen-bond acceptors (Lipinski definition) is 5. The van der Waals surface area contributed by atoms with E-state index in [1.54, 1.807) is 10.9 Å². The van der Waals surface area contributed by atoms with Gasteiger partial charge in [-0.15, -0.1) is 5.10 Å². The van der Waals surface area contributed by atoms with Crippen LogP contribution in [0.25, 0.3) is 0 Å². The fourth-order valence-electron chi connectivity index (χ4n) is 1.19. The molecule has 0 amide bonds. The van der Waals surface area contributed by atoms with Crippen LogP contribution in [0.1, 0.15) is 12.1 Å². The molecular weight excluding hydrogens is 170 g/mol. The van der Waals surface area contributed by atoms with E-state index in [0.717, 1.165) is 17.8 Å². The lowest BCUT2D eigenvalue weighted by Gasteiger charge is -2.00. The van der Waals surface area contributed by atoms with Gasteiger partial charge in [0.1, 0.15) is 17.5 Å². The van der Waals surface area contributed by atoms with Crippen LogP contribution in [0.4, 0.5) is 0 Å². The molecule has 0 bridgehead atoms. The van der Waals surface area contributed by atoms with E-state index in [1.165, 1.54) is 0 Å². The van der Waals surface area contributed by atoms with Gasteiger partial charge in [0.25, 0.3) is 0 Å². The Morgan fingerprint density at radius 3 is 3.15 bits per heavy atom. The molecule has 1 unspecified atom stereocenters. The summed E-state index contributed by atoms with van der Waals surface area (Å²) in [4.78, 5) is 5.06. The Hall–Kier alpha value is -1.43. The van der Waals surface area contributed by atoms with Crippen LogP contribution < -0.4 is 5.73 Å². The van der Waals surface area contributed by atoms with Crippen molar-refractivity contribution in [3.05, 3.63) is 11.9 Å². The predicted molar refractivity (Wildman–Crippen MR) is 46.1 cm³/mol. The average molecular weight is 181 g/mol. The molecule has 1 aliphatic rings. The van der Waals surface area contributed by atoms with E-state index in [1.807, 2.05) is 7.05 Å². The summed E-state index contributed by atoms with van der Waals surface area (Å²) in [5.41, 5.74) is 7.02. The summed E-state index contributed by atoms with van der Waals surface area (Å²) in [6, 6.07) is 0. The quantitative estimate of drug-likeness (QED) is 0.652. The van der Waals surface area contributed by atoms with Gasteiger partial charge in [0.15, 0.2) is 0 Å². The largest absolute Gasteiger partial charge is 0.390 e. The number of hydrogen-bond donors (Lipinski definition) is 1. The van der Waals surface area contributed by atoms with E-state index in [9.17, 15) is 0 Å². The second-order valence-corrected chi connectivity index (χ2v) is 2.98. The van der Waals surface area contributed by atoms with Crippen molar-refractivity contribution >= 4 is 5.71 Å².